The number of nitrogens with zero attached hydrogens (tertiary/aromatic N) is 4. The van der Waals surface area contributed by atoms with Crippen LogP contribution in [0, 0.1) is 12.3 Å². The molecule has 3 aromatic heterocycles. The first kappa shape index (κ1) is 28.7. The van der Waals surface area contributed by atoms with E-state index in [0.717, 1.165) is 46.1 Å². The molecule has 0 atom stereocenters. The molecule has 0 bridgehead atoms. The summed E-state index contributed by atoms with van der Waals surface area (Å²) in [5, 5.41) is 14.1. The van der Waals surface area contributed by atoms with E-state index in [1.807, 2.05) is 42.6 Å². The Labute approximate surface area is 268 Å². The fourth-order valence-corrected chi connectivity index (χ4v) is 11.3. The van der Waals surface area contributed by atoms with E-state index in [1.165, 1.54) is 39.9 Å². The normalized spacial score (nSPS) is 13.7. The molecule has 0 saturated heterocycles. The van der Waals surface area contributed by atoms with Gasteiger partial charge in [-0.15, -0.1) is 17.7 Å². The van der Waals surface area contributed by atoms with Gasteiger partial charge in [0, 0.05) is 28.2 Å². The Bertz CT molecular complexity index is 1870. The van der Waals surface area contributed by atoms with Gasteiger partial charge in [0.2, 0.25) is 8.07 Å². The van der Waals surface area contributed by atoms with Gasteiger partial charge in [-0.3, -0.25) is 15.9 Å². The Morgan fingerprint density at radius 2 is 1.33 bits per heavy atom. The molecule has 1 aliphatic carbocycles. The summed E-state index contributed by atoms with van der Waals surface area (Å²) in [7, 11) is -2.68. The van der Waals surface area contributed by atoms with Crippen molar-refractivity contribution < 1.29 is 21.1 Å². The summed E-state index contributed by atoms with van der Waals surface area (Å²) >= 11 is 0. The summed E-state index contributed by atoms with van der Waals surface area (Å²) in [6, 6.07) is 39.7. The molecule has 0 unspecified atom stereocenters. The Morgan fingerprint density at radius 1 is 0.674 bits per heavy atom. The fourth-order valence-electron chi connectivity index (χ4n) is 6.43. The van der Waals surface area contributed by atoms with E-state index in [1.54, 1.807) is 0 Å². The van der Waals surface area contributed by atoms with Crippen LogP contribution in [-0.2, 0) is 33.9 Å². The molecule has 0 spiro atoms. The fraction of sp³-hybridized carbons (Fsp3) is 0.108. The van der Waals surface area contributed by atoms with Gasteiger partial charge in [0.1, 0.15) is 0 Å². The summed E-state index contributed by atoms with van der Waals surface area (Å²) in [5.74, 6) is 2.28. The van der Waals surface area contributed by atoms with Gasteiger partial charge >= 0.3 is 21.1 Å². The monoisotopic (exact) mass is 751 g/mol. The minimum atomic E-state index is -2.68. The predicted octanol–water partition coefficient (Wildman–Crippen LogP) is 4.35. The van der Waals surface area contributed by atoms with Crippen LogP contribution < -0.4 is 26.1 Å². The second kappa shape index (κ2) is 12.5. The van der Waals surface area contributed by atoms with Crippen molar-refractivity contribution in [3.05, 3.63) is 145 Å². The molecule has 4 nitrogen and oxygen atoms in total. The zero-order valence-electron chi connectivity index (χ0n) is 23.5. The van der Waals surface area contributed by atoms with Crippen molar-refractivity contribution in [2.75, 3.05) is 0 Å². The maximum absolute atomic E-state index is 6.69. The predicted molar refractivity (Wildman–Crippen MR) is 171 cm³/mol. The molecule has 6 heteroatoms. The molecule has 8 rings (SSSR count). The van der Waals surface area contributed by atoms with Crippen LogP contribution in [0.2, 0.25) is 0 Å². The van der Waals surface area contributed by atoms with E-state index in [9.17, 15) is 0 Å². The van der Waals surface area contributed by atoms with Crippen LogP contribution in [0.4, 0.5) is 0 Å². The van der Waals surface area contributed by atoms with Gasteiger partial charge in [-0.2, -0.15) is 0 Å². The maximum Gasteiger partial charge on any atom is 2.00 e. The van der Waals surface area contributed by atoms with E-state index in [2.05, 4.69) is 95.0 Å². The van der Waals surface area contributed by atoms with E-state index >= 15 is 0 Å². The number of fused-ring (bicyclic) bond motifs is 4. The zero-order chi connectivity index (χ0) is 28.4. The zero-order valence-corrected chi connectivity index (χ0v) is 26.8. The molecule has 43 heavy (non-hydrogen) atoms. The second-order valence-electron chi connectivity index (χ2n) is 10.6. The van der Waals surface area contributed by atoms with Crippen LogP contribution in [0.15, 0.2) is 121 Å². The summed E-state index contributed by atoms with van der Waals surface area (Å²) in [4.78, 5) is 10.3. The molecule has 4 heterocycles. The van der Waals surface area contributed by atoms with Gasteiger partial charge in [-0.05, 0) is 77.0 Å². The smallest absolute Gasteiger partial charge is 0.573 e. The number of hydrogen-bond donors (Lipinski definition) is 0. The first-order valence-corrected chi connectivity index (χ1v) is 16.4. The van der Waals surface area contributed by atoms with Crippen LogP contribution in [0.5, 0.6) is 0 Å². The molecule has 6 aromatic rings. The number of rotatable bonds is 3. The third-order valence-electron chi connectivity index (χ3n) is 8.29. The van der Waals surface area contributed by atoms with Crippen molar-refractivity contribution in [1.82, 2.24) is 20.2 Å². The van der Waals surface area contributed by atoms with Crippen molar-refractivity contribution in [3.8, 4) is 28.4 Å². The molecule has 2 aliphatic rings. The summed E-state index contributed by atoms with van der Waals surface area (Å²) in [6.07, 6.45) is 13.1. The van der Waals surface area contributed by atoms with Gasteiger partial charge in [0.15, 0.2) is 0 Å². The first-order valence-electron chi connectivity index (χ1n) is 14.4. The molecule has 1 aliphatic heterocycles. The molecular weight excluding hydrogens is 724 g/mol. The van der Waals surface area contributed by atoms with Gasteiger partial charge in [0.05, 0.1) is 0 Å². The Balaban J connectivity index is 0.000000320. The number of aromatic nitrogens is 4. The maximum atomic E-state index is 6.69. The molecule has 210 valence electrons. The van der Waals surface area contributed by atoms with Crippen molar-refractivity contribution in [2.24, 2.45) is 0 Å². The molecule has 0 amide bonds. The van der Waals surface area contributed by atoms with Crippen molar-refractivity contribution in [3.63, 3.8) is 0 Å². The van der Waals surface area contributed by atoms with Crippen molar-refractivity contribution >= 4 is 29.1 Å². The second-order valence-corrected chi connectivity index (χ2v) is 14.2. The van der Waals surface area contributed by atoms with Crippen LogP contribution in [0.25, 0.3) is 22.5 Å². The molecular formula is C37H28N4PtSi. The number of aryl methyl sites for hydroxylation is 1. The largest absolute Gasteiger partial charge is 2.00 e. The number of benzene rings is 3. The van der Waals surface area contributed by atoms with E-state index in [-0.39, 0.29) is 21.1 Å². The Hall–Kier alpha value is -4.36. The minimum Gasteiger partial charge on any atom is -0.573 e. The van der Waals surface area contributed by atoms with E-state index in [0.29, 0.717) is 0 Å². The van der Waals surface area contributed by atoms with Crippen molar-refractivity contribution in [2.45, 2.75) is 25.7 Å². The van der Waals surface area contributed by atoms with E-state index in [4.69, 9.17) is 16.4 Å². The number of pyridine rings is 2. The molecule has 0 radical (unpaired) electrons. The summed E-state index contributed by atoms with van der Waals surface area (Å²) in [6.45, 7) is 0. The van der Waals surface area contributed by atoms with Gasteiger partial charge < -0.3 is 16.6 Å². The Morgan fingerprint density at radius 3 is 2.00 bits per heavy atom. The minimum absolute atomic E-state index is 0. The van der Waals surface area contributed by atoms with Crippen LogP contribution >= 0.6 is 0 Å². The van der Waals surface area contributed by atoms with Crippen LogP contribution in [0.3, 0.4) is 0 Å². The summed E-state index contributed by atoms with van der Waals surface area (Å²) in [5.41, 5.74) is 7.76. The van der Waals surface area contributed by atoms with Gasteiger partial charge in [0.25, 0.3) is 0 Å². The molecule has 3 aromatic carbocycles. The molecule has 0 N–H and O–H groups in total. The molecule has 0 fully saturated rings. The average Bonchev–Trinajstić information content (AvgIpc) is 3.64. The van der Waals surface area contributed by atoms with Gasteiger partial charge in [-0.25, -0.2) is 0 Å². The standard InChI is InChI=1S/C29H23N4Si.C8H5.Pt/c1-4-13-23-22(12-1)29(33-32-23)24-14-9-18-28(31-24)34(27-17-7-8-19-30-27)25-15-5-2-10-20(25)21-11-3-6-16-26(21)34;1-2-8-6-4-3-5-7-8;/h2-3,5-11,14-19H,1,4,12-13H2;3-7H;/q2*-1;+2. The third kappa shape index (κ3) is 5.01. The number of hydrogen-bond acceptors (Lipinski definition) is 3. The Kier molecular flexibility index (Phi) is 8.34. The van der Waals surface area contributed by atoms with Crippen LogP contribution in [0.1, 0.15) is 29.7 Å². The topological polar surface area (TPSA) is 52.8 Å². The van der Waals surface area contributed by atoms with E-state index < -0.39 is 8.07 Å². The first-order chi connectivity index (χ1) is 20.8. The van der Waals surface area contributed by atoms with Gasteiger partial charge in [-0.1, -0.05) is 84.6 Å². The molecule has 0 saturated carbocycles. The van der Waals surface area contributed by atoms with Crippen LogP contribution in [-0.4, -0.2) is 23.1 Å². The quantitative estimate of drug-likeness (QED) is 0.153. The average molecular weight is 752 g/mol. The summed E-state index contributed by atoms with van der Waals surface area (Å²) < 4.78 is 0. The van der Waals surface area contributed by atoms with Crippen molar-refractivity contribution in [1.29, 1.82) is 0 Å². The SMILES string of the molecule is [C-]#Cc1ccccc1.[Pt+2].c1ccc([Si]2(c3cccc(-c4[n-]nc5c4CCCC5)n3)c3ccccc3-c3ccccc32)nc1. The third-order valence-corrected chi connectivity index (χ3v) is 12.9.